The number of carbonyl (C=O) groups excluding carboxylic acids is 1. The Morgan fingerprint density at radius 2 is 1.54 bits per heavy atom. The molecule has 7 heteroatoms. The van der Waals surface area contributed by atoms with Crippen molar-refractivity contribution in [1.82, 2.24) is 9.21 Å². The molecular weight excluding hydrogens is 344 g/mol. The van der Waals surface area contributed by atoms with Crippen LogP contribution in [0.2, 0.25) is 0 Å². The van der Waals surface area contributed by atoms with Crippen LogP contribution in [0.1, 0.15) is 22.3 Å². The highest BCUT2D eigenvalue weighted by Crippen LogP contribution is 2.29. The van der Waals surface area contributed by atoms with Gasteiger partial charge in [0, 0.05) is 26.2 Å². The molecule has 0 spiro atoms. The number of hydrogen-bond acceptors (Lipinski definition) is 4. The monoisotopic (exact) mass is 370 g/mol. The predicted molar refractivity (Wildman–Crippen MR) is 99.1 cm³/mol. The maximum atomic E-state index is 13.2. The molecule has 0 aromatic heterocycles. The molecule has 1 heterocycles. The maximum absolute atomic E-state index is 13.2. The van der Waals surface area contributed by atoms with E-state index in [4.69, 9.17) is 0 Å². The maximum Gasteiger partial charge on any atom is 0.243 e. The van der Waals surface area contributed by atoms with Crippen LogP contribution in [0.3, 0.4) is 0 Å². The van der Waals surface area contributed by atoms with Gasteiger partial charge in [0.2, 0.25) is 15.9 Å². The van der Waals surface area contributed by atoms with E-state index in [1.54, 1.807) is 4.90 Å². The van der Waals surface area contributed by atoms with Gasteiger partial charge in [-0.15, -0.1) is 0 Å². The van der Waals surface area contributed by atoms with Crippen molar-refractivity contribution in [3.05, 3.63) is 28.3 Å². The molecule has 1 saturated heterocycles. The van der Waals surface area contributed by atoms with Crippen LogP contribution >= 0.6 is 11.8 Å². The largest absolute Gasteiger partial charge is 0.339 e. The first-order chi connectivity index (χ1) is 11.2. The van der Waals surface area contributed by atoms with Gasteiger partial charge in [0.1, 0.15) is 0 Å². The number of carbonyl (C=O) groups is 1. The van der Waals surface area contributed by atoms with E-state index in [-0.39, 0.29) is 5.91 Å². The van der Waals surface area contributed by atoms with E-state index in [0.717, 1.165) is 22.3 Å². The zero-order valence-electron chi connectivity index (χ0n) is 15.0. The number of amides is 1. The van der Waals surface area contributed by atoms with Crippen molar-refractivity contribution in [2.45, 2.75) is 32.6 Å². The van der Waals surface area contributed by atoms with E-state index >= 15 is 0 Å². The summed E-state index contributed by atoms with van der Waals surface area (Å²) in [5.74, 6) is 0.528. The Morgan fingerprint density at radius 1 is 1.04 bits per heavy atom. The summed E-state index contributed by atoms with van der Waals surface area (Å²) < 4.78 is 27.8. The van der Waals surface area contributed by atoms with Gasteiger partial charge in [-0.1, -0.05) is 6.07 Å². The lowest BCUT2D eigenvalue weighted by molar-refractivity contribution is -0.129. The summed E-state index contributed by atoms with van der Waals surface area (Å²) in [4.78, 5) is 14.1. The molecular formula is C17H26N2O3S2. The molecule has 0 atom stereocenters. The van der Waals surface area contributed by atoms with Gasteiger partial charge in [0.25, 0.3) is 0 Å². The lowest BCUT2D eigenvalue weighted by Crippen LogP contribution is -2.51. The summed E-state index contributed by atoms with van der Waals surface area (Å²) >= 11 is 1.49. The molecule has 0 bridgehead atoms. The first kappa shape index (κ1) is 19.3. The smallest absolute Gasteiger partial charge is 0.243 e. The fourth-order valence-electron chi connectivity index (χ4n) is 3.09. The number of aryl methyl sites for hydroxylation is 2. The van der Waals surface area contributed by atoms with E-state index in [9.17, 15) is 13.2 Å². The van der Waals surface area contributed by atoms with Crippen LogP contribution in [0.5, 0.6) is 0 Å². The first-order valence-electron chi connectivity index (χ1n) is 8.04. The predicted octanol–water partition coefficient (Wildman–Crippen LogP) is 2.12. The Labute approximate surface area is 149 Å². The van der Waals surface area contributed by atoms with Crippen LogP contribution in [0, 0.1) is 27.7 Å². The third-order valence-corrected chi connectivity index (χ3v) is 7.46. The quantitative estimate of drug-likeness (QED) is 0.815. The summed E-state index contributed by atoms with van der Waals surface area (Å²) in [5.41, 5.74) is 3.62. The Hall–Kier alpha value is -1.05. The highest BCUT2D eigenvalue weighted by Gasteiger charge is 2.32. The number of sulfonamides is 1. The van der Waals surface area contributed by atoms with Gasteiger partial charge in [-0.25, -0.2) is 8.42 Å². The molecule has 24 heavy (non-hydrogen) atoms. The summed E-state index contributed by atoms with van der Waals surface area (Å²) in [6.45, 7) is 9.26. The van der Waals surface area contributed by atoms with E-state index < -0.39 is 10.0 Å². The van der Waals surface area contributed by atoms with Crippen molar-refractivity contribution >= 4 is 27.7 Å². The number of rotatable bonds is 4. The number of thioether (sulfide) groups is 1. The molecule has 1 aliphatic rings. The van der Waals surface area contributed by atoms with Gasteiger partial charge in [-0.05, 0) is 56.2 Å². The van der Waals surface area contributed by atoms with Gasteiger partial charge in [0.15, 0.2) is 0 Å². The zero-order chi connectivity index (χ0) is 18.1. The van der Waals surface area contributed by atoms with Crippen molar-refractivity contribution in [3.8, 4) is 0 Å². The Morgan fingerprint density at radius 3 is 2.00 bits per heavy atom. The van der Waals surface area contributed by atoms with Crippen LogP contribution in [0.15, 0.2) is 11.0 Å². The second kappa shape index (κ2) is 7.45. The molecule has 1 amide bonds. The topological polar surface area (TPSA) is 57.7 Å². The summed E-state index contributed by atoms with van der Waals surface area (Å²) in [6, 6.07) is 2.03. The Kier molecular flexibility index (Phi) is 5.99. The Bertz CT molecular complexity index is 710. The molecule has 2 rings (SSSR count). The average Bonchev–Trinajstić information content (AvgIpc) is 2.53. The third kappa shape index (κ3) is 3.63. The molecule has 1 aromatic rings. The molecule has 134 valence electrons. The fraction of sp³-hybridized carbons (Fsp3) is 0.588. The molecule has 1 aliphatic heterocycles. The van der Waals surface area contributed by atoms with Gasteiger partial charge < -0.3 is 4.90 Å². The number of nitrogens with zero attached hydrogens (tertiary/aromatic N) is 2. The van der Waals surface area contributed by atoms with Crippen LogP contribution < -0.4 is 0 Å². The number of benzene rings is 1. The van der Waals surface area contributed by atoms with E-state index in [1.165, 1.54) is 16.1 Å². The van der Waals surface area contributed by atoms with Gasteiger partial charge in [-0.2, -0.15) is 16.1 Å². The first-order valence-corrected chi connectivity index (χ1v) is 10.9. The molecule has 0 unspecified atom stereocenters. The second-order valence-corrected chi connectivity index (χ2v) is 9.05. The zero-order valence-corrected chi connectivity index (χ0v) is 16.7. The molecule has 0 radical (unpaired) electrons. The standard InChI is InChI=1S/C17H26N2O3S2/c1-12-10-13(2)15(4)17(14(12)3)24(21,22)19-8-6-18(7-9-19)16(20)11-23-5/h10H,6-9,11H2,1-5H3. The SMILES string of the molecule is CSCC(=O)N1CCN(S(=O)(=O)c2c(C)c(C)cc(C)c2C)CC1. The second-order valence-electron chi connectivity index (χ2n) is 6.31. The number of hydrogen-bond donors (Lipinski definition) is 0. The van der Waals surface area contributed by atoms with Crippen LogP contribution in [0.25, 0.3) is 0 Å². The molecule has 0 aliphatic carbocycles. The van der Waals surface area contributed by atoms with Crippen LogP contribution in [-0.4, -0.2) is 61.7 Å². The van der Waals surface area contributed by atoms with Crippen molar-refractivity contribution < 1.29 is 13.2 Å². The minimum Gasteiger partial charge on any atom is -0.339 e. The van der Waals surface area contributed by atoms with Gasteiger partial charge in [-0.3, -0.25) is 4.79 Å². The lowest BCUT2D eigenvalue weighted by atomic mass is 10.0. The number of piperazine rings is 1. The Balaban J connectivity index is 2.26. The summed E-state index contributed by atoms with van der Waals surface area (Å²) in [6.07, 6.45) is 1.89. The van der Waals surface area contributed by atoms with Crippen molar-refractivity contribution in [3.63, 3.8) is 0 Å². The van der Waals surface area contributed by atoms with E-state index in [0.29, 0.717) is 36.8 Å². The highest BCUT2D eigenvalue weighted by molar-refractivity contribution is 7.99. The fourth-order valence-corrected chi connectivity index (χ4v) is 5.52. The van der Waals surface area contributed by atoms with Gasteiger partial charge in [0.05, 0.1) is 10.6 Å². The van der Waals surface area contributed by atoms with Crippen LogP contribution in [0.4, 0.5) is 0 Å². The minimum atomic E-state index is -3.54. The average molecular weight is 371 g/mol. The van der Waals surface area contributed by atoms with E-state index in [1.807, 2.05) is 40.0 Å². The molecule has 1 fully saturated rings. The van der Waals surface area contributed by atoms with Crippen molar-refractivity contribution in [1.29, 1.82) is 0 Å². The third-order valence-electron chi connectivity index (χ3n) is 4.75. The van der Waals surface area contributed by atoms with Gasteiger partial charge >= 0.3 is 0 Å². The van der Waals surface area contributed by atoms with Crippen molar-refractivity contribution in [2.24, 2.45) is 0 Å². The van der Waals surface area contributed by atoms with E-state index in [2.05, 4.69) is 0 Å². The molecule has 1 aromatic carbocycles. The molecule has 0 N–H and O–H groups in total. The summed E-state index contributed by atoms with van der Waals surface area (Å²) in [7, 11) is -3.54. The highest BCUT2D eigenvalue weighted by atomic mass is 32.2. The normalized spacial score (nSPS) is 16.5. The minimum absolute atomic E-state index is 0.0818. The van der Waals surface area contributed by atoms with Crippen LogP contribution in [-0.2, 0) is 14.8 Å². The molecule has 5 nitrogen and oxygen atoms in total. The molecule has 0 saturated carbocycles. The lowest BCUT2D eigenvalue weighted by Gasteiger charge is -2.34. The van der Waals surface area contributed by atoms with Crippen molar-refractivity contribution in [2.75, 3.05) is 38.2 Å². The summed E-state index contributed by atoms with van der Waals surface area (Å²) in [5, 5.41) is 0.